The van der Waals surface area contributed by atoms with Crippen molar-refractivity contribution in [1.82, 2.24) is 5.32 Å². The van der Waals surface area contributed by atoms with E-state index in [0.717, 1.165) is 0 Å². The SMILES string of the molecule is CNC(=O)C(C)SC(C)CN. The predicted molar refractivity (Wildman–Crippen MR) is 49.6 cm³/mol. The second kappa shape index (κ2) is 5.43. The molecule has 0 aliphatic carbocycles. The summed E-state index contributed by atoms with van der Waals surface area (Å²) in [6.07, 6.45) is 0. The first-order chi connectivity index (χ1) is 5.11. The van der Waals surface area contributed by atoms with Gasteiger partial charge in [0.15, 0.2) is 0 Å². The summed E-state index contributed by atoms with van der Waals surface area (Å²) in [5, 5.41) is 2.94. The van der Waals surface area contributed by atoms with Crippen molar-refractivity contribution in [1.29, 1.82) is 0 Å². The average Bonchev–Trinajstić information content (AvgIpc) is 2.02. The Morgan fingerprint density at radius 1 is 1.64 bits per heavy atom. The molecule has 3 nitrogen and oxygen atoms in total. The number of rotatable bonds is 4. The van der Waals surface area contributed by atoms with E-state index >= 15 is 0 Å². The number of hydrogen-bond acceptors (Lipinski definition) is 3. The van der Waals surface area contributed by atoms with Gasteiger partial charge in [0.25, 0.3) is 0 Å². The highest BCUT2D eigenvalue weighted by Crippen LogP contribution is 2.15. The number of carbonyl (C=O) groups is 1. The zero-order valence-corrected chi connectivity index (χ0v) is 8.07. The molecule has 0 aromatic rings. The van der Waals surface area contributed by atoms with Crippen LogP contribution in [0.3, 0.4) is 0 Å². The van der Waals surface area contributed by atoms with E-state index in [0.29, 0.717) is 11.8 Å². The summed E-state index contributed by atoms with van der Waals surface area (Å²) in [7, 11) is 1.65. The van der Waals surface area contributed by atoms with Crippen LogP contribution in [0.5, 0.6) is 0 Å². The highest BCUT2D eigenvalue weighted by atomic mass is 32.2. The molecule has 0 aromatic heterocycles. The Balaban J connectivity index is 3.67. The smallest absolute Gasteiger partial charge is 0.232 e. The molecule has 0 aliphatic heterocycles. The first-order valence-corrected chi connectivity index (χ1v) is 4.63. The van der Waals surface area contributed by atoms with Crippen molar-refractivity contribution < 1.29 is 4.79 Å². The van der Waals surface area contributed by atoms with Crippen molar-refractivity contribution in [3.63, 3.8) is 0 Å². The lowest BCUT2D eigenvalue weighted by molar-refractivity contribution is -0.119. The Morgan fingerprint density at radius 2 is 2.18 bits per heavy atom. The van der Waals surface area contributed by atoms with Crippen molar-refractivity contribution in [3.8, 4) is 0 Å². The van der Waals surface area contributed by atoms with Gasteiger partial charge in [0.05, 0.1) is 5.25 Å². The van der Waals surface area contributed by atoms with E-state index < -0.39 is 0 Å². The van der Waals surface area contributed by atoms with Crippen molar-refractivity contribution >= 4 is 17.7 Å². The van der Waals surface area contributed by atoms with Crippen molar-refractivity contribution in [2.45, 2.75) is 24.3 Å². The van der Waals surface area contributed by atoms with Crippen LogP contribution in [0.4, 0.5) is 0 Å². The summed E-state index contributed by atoms with van der Waals surface area (Å²) in [5.41, 5.74) is 5.41. The molecule has 0 aromatic carbocycles. The van der Waals surface area contributed by atoms with Crippen molar-refractivity contribution in [2.75, 3.05) is 13.6 Å². The first-order valence-electron chi connectivity index (χ1n) is 3.69. The Kier molecular flexibility index (Phi) is 5.32. The van der Waals surface area contributed by atoms with Crippen LogP contribution in [0.1, 0.15) is 13.8 Å². The quantitative estimate of drug-likeness (QED) is 0.643. The third-order valence-electron chi connectivity index (χ3n) is 1.38. The molecular weight excluding hydrogens is 160 g/mol. The van der Waals surface area contributed by atoms with E-state index in [4.69, 9.17) is 5.73 Å². The van der Waals surface area contributed by atoms with Crippen molar-refractivity contribution in [3.05, 3.63) is 0 Å². The molecule has 0 fully saturated rings. The normalized spacial score (nSPS) is 15.6. The molecule has 3 N–H and O–H groups in total. The van der Waals surface area contributed by atoms with Crippen LogP contribution in [0.2, 0.25) is 0 Å². The molecule has 2 unspecified atom stereocenters. The van der Waals surface area contributed by atoms with E-state index in [1.807, 2.05) is 13.8 Å². The highest BCUT2D eigenvalue weighted by Gasteiger charge is 2.13. The standard InChI is InChI=1S/C7H16N2OS/c1-5(4-8)11-6(2)7(10)9-3/h5-6H,4,8H2,1-3H3,(H,9,10). The maximum absolute atomic E-state index is 11.0. The summed E-state index contributed by atoms with van der Waals surface area (Å²) in [6.45, 7) is 4.52. The number of carbonyl (C=O) groups excluding carboxylic acids is 1. The van der Waals surface area contributed by atoms with Gasteiger partial charge in [-0.2, -0.15) is 0 Å². The second-order valence-electron chi connectivity index (χ2n) is 2.44. The molecule has 11 heavy (non-hydrogen) atoms. The molecule has 0 saturated carbocycles. The maximum Gasteiger partial charge on any atom is 0.232 e. The molecule has 0 radical (unpaired) electrons. The Bertz CT molecular complexity index is 130. The van der Waals surface area contributed by atoms with E-state index in [1.54, 1.807) is 18.8 Å². The van der Waals surface area contributed by atoms with Gasteiger partial charge in [-0.05, 0) is 6.92 Å². The summed E-state index contributed by atoms with van der Waals surface area (Å²) < 4.78 is 0. The van der Waals surface area contributed by atoms with Gasteiger partial charge < -0.3 is 11.1 Å². The zero-order chi connectivity index (χ0) is 8.85. The van der Waals surface area contributed by atoms with Gasteiger partial charge in [-0.3, -0.25) is 4.79 Å². The molecule has 0 heterocycles. The maximum atomic E-state index is 11.0. The van der Waals surface area contributed by atoms with Gasteiger partial charge in [-0.25, -0.2) is 0 Å². The topological polar surface area (TPSA) is 55.1 Å². The van der Waals surface area contributed by atoms with Gasteiger partial charge in [0.2, 0.25) is 5.91 Å². The lowest BCUT2D eigenvalue weighted by Crippen LogP contribution is -2.29. The third-order valence-corrected chi connectivity index (χ3v) is 2.66. The lowest BCUT2D eigenvalue weighted by Gasteiger charge is -2.13. The van der Waals surface area contributed by atoms with Crippen LogP contribution in [0.15, 0.2) is 0 Å². The lowest BCUT2D eigenvalue weighted by atomic mass is 10.4. The fourth-order valence-electron chi connectivity index (χ4n) is 0.669. The minimum atomic E-state index is -0.00134. The second-order valence-corrected chi connectivity index (χ2v) is 4.22. The summed E-state index contributed by atoms with van der Waals surface area (Å²) in [6, 6.07) is 0. The molecule has 0 bridgehead atoms. The van der Waals surface area contributed by atoms with E-state index in [2.05, 4.69) is 5.32 Å². The molecule has 0 aliphatic rings. The van der Waals surface area contributed by atoms with Crippen LogP contribution < -0.4 is 11.1 Å². The molecule has 0 saturated heterocycles. The van der Waals surface area contributed by atoms with Gasteiger partial charge in [0.1, 0.15) is 0 Å². The first kappa shape index (κ1) is 10.8. The Morgan fingerprint density at radius 3 is 2.55 bits per heavy atom. The molecule has 4 heteroatoms. The van der Waals surface area contributed by atoms with E-state index in [-0.39, 0.29) is 11.2 Å². The van der Waals surface area contributed by atoms with E-state index in [1.165, 1.54) is 0 Å². The third kappa shape index (κ3) is 4.27. The van der Waals surface area contributed by atoms with Crippen LogP contribution in [0.25, 0.3) is 0 Å². The fraction of sp³-hybridized carbons (Fsp3) is 0.857. The number of nitrogens with two attached hydrogens (primary N) is 1. The summed E-state index contributed by atoms with van der Waals surface area (Å²) in [4.78, 5) is 11.0. The molecule has 1 amide bonds. The minimum absolute atomic E-state index is 0.00134. The van der Waals surface area contributed by atoms with Crippen LogP contribution in [-0.2, 0) is 4.79 Å². The van der Waals surface area contributed by atoms with Gasteiger partial charge >= 0.3 is 0 Å². The molecule has 2 atom stereocenters. The van der Waals surface area contributed by atoms with Crippen LogP contribution in [0, 0.1) is 0 Å². The Hall–Kier alpha value is -0.220. The molecular formula is C7H16N2OS. The molecule has 66 valence electrons. The van der Waals surface area contributed by atoms with Gasteiger partial charge in [-0.15, -0.1) is 11.8 Å². The molecule has 0 spiro atoms. The highest BCUT2D eigenvalue weighted by molar-refractivity contribution is 8.01. The Labute approximate surface area is 72.1 Å². The average molecular weight is 176 g/mol. The van der Waals surface area contributed by atoms with Crippen molar-refractivity contribution in [2.24, 2.45) is 5.73 Å². The minimum Gasteiger partial charge on any atom is -0.358 e. The number of nitrogens with one attached hydrogen (secondary N) is 1. The predicted octanol–water partition coefficient (Wildman–Crippen LogP) is 0.201. The largest absolute Gasteiger partial charge is 0.358 e. The molecule has 0 rings (SSSR count). The van der Waals surface area contributed by atoms with Gasteiger partial charge in [-0.1, -0.05) is 6.92 Å². The summed E-state index contributed by atoms with van der Waals surface area (Å²) >= 11 is 1.60. The monoisotopic (exact) mass is 176 g/mol. The number of amides is 1. The van der Waals surface area contributed by atoms with Crippen LogP contribution >= 0.6 is 11.8 Å². The number of hydrogen-bond donors (Lipinski definition) is 2. The number of thioether (sulfide) groups is 1. The summed E-state index contributed by atoms with van der Waals surface area (Å²) in [5.74, 6) is 0.0651. The van der Waals surface area contributed by atoms with Gasteiger partial charge in [0, 0.05) is 18.8 Å². The zero-order valence-electron chi connectivity index (χ0n) is 7.26. The fourth-order valence-corrected chi connectivity index (χ4v) is 1.72. The van der Waals surface area contributed by atoms with E-state index in [9.17, 15) is 4.79 Å². The van der Waals surface area contributed by atoms with Crippen LogP contribution in [-0.4, -0.2) is 30.0 Å².